The minimum absolute atomic E-state index is 0.204. The van der Waals surface area contributed by atoms with E-state index in [1.54, 1.807) is 13.2 Å². The number of anilines is 2. The van der Waals surface area contributed by atoms with Crippen LogP contribution in [0, 0.1) is 0 Å². The molecule has 7 heteroatoms. The second kappa shape index (κ2) is 6.04. The maximum atomic E-state index is 5.36. The third kappa shape index (κ3) is 4.37. The number of ether oxygens (including phenoxy) is 1. The zero-order valence-corrected chi connectivity index (χ0v) is 11.4. The van der Waals surface area contributed by atoms with E-state index >= 15 is 0 Å². The predicted octanol–water partition coefficient (Wildman–Crippen LogP) is 1.32. The molecule has 1 heterocycles. The maximum absolute atomic E-state index is 5.36. The first kappa shape index (κ1) is 14.0. The molecule has 0 aliphatic heterocycles. The minimum Gasteiger partial charge on any atom is -0.382 e. The Bertz CT molecular complexity index is 349. The highest BCUT2D eigenvalue weighted by Crippen LogP contribution is 2.19. The van der Waals surface area contributed by atoms with Crippen molar-refractivity contribution in [2.45, 2.75) is 24.5 Å². The number of hydrogen-bond acceptors (Lipinski definition) is 7. The van der Waals surface area contributed by atoms with Crippen molar-refractivity contribution in [1.29, 1.82) is 0 Å². The Labute approximate surface area is 106 Å². The van der Waals surface area contributed by atoms with Crippen molar-refractivity contribution in [2.24, 2.45) is 5.84 Å². The van der Waals surface area contributed by atoms with Crippen LogP contribution < -0.4 is 16.6 Å². The third-order valence-electron chi connectivity index (χ3n) is 2.01. The lowest BCUT2D eigenvalue weighted by Crippen LogP contribution is -2.36. The molecule has 0 saturated heterocycles. The smallest absolute Gasteiger partial charge is 0.191 e. The number of hydrogen-bond donors (Lipinski definition) is 3. The molecule has 0 fully saturated rings. The number of aromatic nitrogens is 2. The number of thioether (sulfide) groups is 1. The average molecular weight is 257 g/mol. The topological polar surface area (TPSA) is 85.1 Å². The number of nitrogen functional groups attached to an aromatic ring is 1. The van der Waals surface area contributed by atoms with E-state index in [9.17, 15) is 0 Å². The van der Waals surface area contributed by atoms with E-state index < -0.39 is 0 Å². The summed E-state index contributed by atoms with van der Waals surface area (Å²) in [6, 6.07) is 1.76. The van der Waals surface area contributed by atoms with Crippen molar-refractivity contribution in [3.8, 4) is 0 Å². The van der Waals surface area contributed by atoms with Crippen molar-refractivity contribution >= 4 is 23.4 Å². The summed E-state index contributed by atoms with van der Waals surface area (Å²) in [5, 5.41) is 3.95. The standard InChI is InChI=1S/C10H19N5OS/c1-10(2,6-16-3)14-7-5-8(15-11)13-9(12-7)17-4/h5H,6,11H2,1-4H3,(H2,12,13,14,15). The first-order chi connectivity index (χ1) is 8.00. The summed E-state index contributed by atoms with van der Waals surface area (Å²) in [6.45, 7) is 4.65. The van der Waals surface area contributed by atoms with Gasteiger partial charge in [0.25, 0.3) is 0 Å². The van der Waals surface area contributed by atoms with E-state index in [1.807, 2.05) is 20.1 Å². The fourth-order valence-corrected chi connectivity index (χ4v) is 1.78. The fraction of sp³-hybridized carbons (Fsp3) is 0.600. The maximum Gasteiger partial charge on any atom is 0.191 e. The third-order valence-corrected chi connectivity index (χ3v) is 2.56. The molecule has 0 aromatic carbocycles. The van der Waals surface area contributed by atoms with Crippen LogP contribution in [0.5, 0.6) is 0 Å². The molecule has 1 aromatic heterocycles. The summed E-state index contributed by atoms with van der Waals surface area (Å²) >= 11 is 1.46. The minimum atomic E-state index is -0.204. The molecule has 4 N–H and O–H groups in total. The quantitative estimate of drug-likeness (QED) is 0.307. The van der Waals surface area contributed by atoms with Gasteiger partial charge in [0.15, 0.2) is 5.16 Å². The van der Waals surface area contributed by atoms with Gasteiger partial charge < -0.3 is 15.5 Å². The van der Waals surface area contributed by atoms with E-state index in [4.69, 9.17) is 10.6 Å². The van der Waals surface area contributed by atoms with Gasteiger partial charge in [-0.1, -0.05) is 11.8 Å². The number of hydrazine groups is 1. The summed E-state index contributed by atoms with van der Waals surface area (Å²) in [4.78, 5) is 8.55. The van der Waals surface area contributed by atoms with E-state index in [1.165, 1.54) is 11.8 Å². The predicted molar refractivity (Wildman–Crippen MR) is 71.2 cm³/mol. The monoisotopic (exact) mass is 257 g/mol. The lowest BCUT2D eigenvalue weighted by atomic mass is 10.1. The Morgan fingerprint density at radius 1 is 1.41 bits per heavy atom. The molecule has 0 radical (unpaired) electrons. The normalized spacial score (nSPS) is 11.4. The van der Waals surface area contributed by atoms with Gasteiger partial charge in [-0.05, 0) is 20.1 Å². The van der Waals surface area contributed by atoms with E-state index in [2.05, 4.69) is 20.7 Å². The molecule has 1 rings (SSSR count). The van der Waals surface area contributed by atoms with Crippen molar-refractivity contribution < 1.29 is 4.74 Å². The Hall–Kier alpha value is -1.05. The number of methoxy groups -OCH3 is 1. The van der Waals surface area contributed by atoms with Gasteiger partial charge in [0.1, 0.15) is 11.6 Å². The first-order valence-electron chi connectivity index (χ1n) is 5.17. The van der Waals surface area contributed by atoms with Crippen LogP contribution in [0.2, 0.25) is 0 Å². The Balaban J connectivity index is 2.89. The SMILES string of the molecule is COCC(C)(C)Nc1cc(NN)nc(SC)n1. The van der Waals surface area contributed by atoms with Gasteiger partial charge in [-0.15, -0.1) is 0 Å². The molecular weight excluding hydrogens is 238 g/mol. The largest absolute Gasteiger partial charge is 0.382 e. The molecule has 96 valence electrons. The molecule has 0 saturated carbocycles. The summed E-state index contributed by atoms with van der Waals surface area (Å²) < 4.78 is 5.14. The molecule has 0 aliphatic carbocycles. The summed E-state index contributed by atoms with van der Waals surface area (Å²) in [5.41, 5.74) is 2.32. The molecule has 17 heavy (non-hydrogen) atoms. The molecular formula is C10H19N5OS. The van der Waals surface area contributed by atoms with Gasteiger partial charge in [0.05, 0.1) is 12.1 Å². The van der Waals surface area contributed by atoms with Crippen molar-refractivity contribution in [3.63, 3.8) is 0 Å². The van der Waals surface area contributed by atoms with E-state index in [0.717, 1.165) is 5.82 Å². The number of nitrogens with one attached hydrogen (secondary N) is 2. The van der Waals surface area contributed by atoms with Gasteiger partial charge in [0, 0.05) is 13.2 Å². The molecule has 0 atom stereocenters. The van der Waals surface area contributed by atoms with Crippen molar-refractivity contribution in [2.75, 3.05) is 30.7 Å². The lowest BCUT2D eigenvalue weighted by molar-refractivity contribution is 0.158. The van der Waals surface area contributed by atoms with Gasteiger partial charge in [-0.3, -0.25) is 0 Å². The van der Waals surface area contributed by atoms with Crippen LogP contribution in [-0.4, -0.2) is 35.5 Å². The molecule has 6 nitrogen and oxygen atoms in total. The Morgan fingerprint density at radius 3 is 2.59 bits per heavy atom. The van der Waals surface area contributed by atoms with Crippen molar-refractivity contribution in [1.82, 2.24) is 9.97 Å². The highest BCUT2D eigenvalue weighted by atomic mass is 32.2. The van der Waals surface area contributed by atoms with E-state index in [-0.39, 0.29) is 5.54 Å². The summed E-state index contributed by atoms with van der Waals surface area (Å²) in [5.74, 6) is 6.67. The lowest BCUT2D eigenvalue weighted by Gasteiger charge is -2.26. The molecule has 0 spiro atoms. The Morgan fingerprint density at radius 2 is 2.06 bits per heavy atom. The molecule has 0 aliphatic rings. The summed E-state index contributed by atoms with van der Waals surface area (Å²) in [7, 11) is 1.67. The number of nitrogens with zero attached hydrogens (tertiary/aromatic N) is 2. The number of rotatable bonds is 6. The van der Waals surface area contributed by atoms with Crippen LogP contribution in [0.15, 0.2) is 11.2 Å². The van der Waals surface area contributed by atoms with Crippen LogP contribution in [0.3, 0.4) is 0 Å². The van der Waals surface area contributed by atoms with Crippen LogP contribution in [0.25, 0.3) is 0 Å². The second-order valence-electron chi connectivity index (χ2n) is 4.21. The van der Waals surface area contributed by atoms with Gasteiger partial charge in [-0.2, -0.15) is 0 Å². The zero-order chi connectivity index (χ0) is 12.9. The van der Waals surface area contributed by atoms with Crippen LogP contribution in [-0.2, 0) is 4.74 Å². The van der Waals surface area contributed by atoms with Crippen LogP contribution in [0.1, 0.15) is 13.8 Å². The molecule has 0 unspecified atom stereocenters. The highest BCUT2D eigenvalue weighted by molar-refractivity contribution is 7.98. The molecule has 0 amide bonds. The molecule has 1 aromatic rings. The van der Waals surface area contributed by atoms with Gasteiger partial charge >= 0.3 is 0 Å². The second-order valence-corrected chi connectivity index (χ2v) is 4.98. The fourth-order valence-electron chi connectivity index (χ4n) is 1.40. The Kier molecular flexibility index (Phi) is 4.98. The summed E-state index contributed by atoms with van der Waals surface area (Å²) in [6.07, 6.45) is 1.92. The first-order valence-corrected chi connectivity index (χ1v) is 6.40. The van der Waals surface area contributed by atoms with Crippen LogP contribution in [0.4, 0.5) is 11.6 Å². The van der Waals surface area contributed by atoms with Gasteiger partial charge in [0.2, 0.25) is 0 Å². The van der Waals surface area contributed by atoms with Gasteiger partial charge in [-0.25, -0.2) is 15.8 Å². The van der Waals surface area contributed by atoms with E-state index in [0.29, 0.717) is 17.6 Å². The zero-order valence-electron chi connectivity index (χ0n) is 10.6. The van der Waals surface area contributed by atoms with Crippen LogP contribution >= 0.6 is 11.8 Å². The van der Waals surface area contributed by atoms with Crippen molar-refractivity contribution in [3.05, 3.63) is 6.07 Å². The average Bonchev–Trinajstić information content (AvgIpc) is 2.27. The molecule has 0 bridgehead atoms. The number of nitrogens with two attached hydrogens (primary N) is 1. The highest BCUT2D eigenvalue weighted by Gasteiger charge is 2.18.